The molecule has 0 aliphatic rings. The van der Waals surface area contributed by atoms with Gasteiger partial charge >= 0.3 is 0 Å². The molecule has 0 spiro atoms. The first-order valence-electron chi connectivity index (χ1n) is 8.39. The molecule has 2 aromatic heterocycles. The Labute approximate surface area is 164 Å². The molecule has 1 N–H and O–H groups in total. The summed E-state index contributed by atoms with van der Waals surface area (Å²) in [5, 5.41) is 14.3. The number of hydrogen-bond donors (Lipinski definition) is 1. The van der Waals surface area contributed by atoms with Crippen molar-refractivity contribution < 1.29 is 9.53 Å². The minimum Gasteiger partial charge on any atom is -0.497 e. The molecule has 3 aromatic rings. The monoisotopic (exact) mass is 401 g/mol. The van der Waals surface area contributed by atoms with E-state index in [1.807, 2.05) is 24.3 Å². The zero-order chi connectivity index (χ0) is 19.9. The van der Waals surface area contributed by atoms with Crippen LogP contribution in [0.25, 0.3) is 11.3 Å². The number of thioether (sulfide) groups is 1. The summed E-state index contributed by atoms with van der Waals surface area (Å²) in [4.78, 5) is 28.5. The van der Waals surface area contributed by atoms with Crippen LogP contribution < -0.4 is 15.6 Å². The zero-order valence-electron chi connectivity index (χ0n) is 15.4. The number of tetrazole rings is 1. The Balaban J connectivity index is 1.51. The van der Waals surface area contributed by atoms with Gasteiger partial charge in [-0.05, 0) is 34.7 Å². The van der Waals surface area contributed by atoms with E-state index in [0.717, 1.165) is 11.3 Å². The zero-order valence-corrected chi connectivity index (χ0v) is 16.2. The number of benzene rings is 1. The molecule has 0 unspecified atom stereocenters. The summed E-state index contributed by atoms with van der Waals surface area (Å²) in [6.07, 6.45) is 1.48. The van der Waals surface area contributed by atoms with Crippen molar-refractivity contribution in [2.24, 2.45) is 7.05 Å². The van der Waals surface area contributed by atoms with Crippen molar-refractivity contribution in [3.8, 4) is 17.0 Å². The number of aryl methyl sites for hydroxylation is 1. The second-order valence-electron chi connectivity index (χ2n) is 5.76. The van der Waals surface area contributed by atoms with Gasteiger partial charge in [-0.2, -0.15) is 0 Å². The Hall–Kier alpha value is -3.21. The van der Waals surface area contributed by atoms with Crippen LogP contribution in [0.4, 0.5) is 0 Å². The second-order valence-corrected chi connectivity index (χ2v) is 6.70. The van der Waals surface area contributed by atoms with Gasteiger partial charge in [0.15, 0.2) is 0 Å². The molecule has 0 atom stereocenters. The summed E-state index contributed by atoms with van der Waals surface area (Å²) in [6.45, 7) is 0.649. The number of nitrogens with one attached hydrogen (secondary N) is 1. The van der Waals surface area contributed by atoms with E-state index in [2.05, 4.69) is 25.8 Å². The number of methoxy groups -OCH3 is 1. The van der Waals surface area contributed by atoms with Crippen LogP contribution in [0.2, 0.25) is 0 Å². The van der Waals surface area contributed by atoms with Gasteiger partial charge in [-0.1, -0.05) is 11.8 Å². The first-order chi connectivity index (χ1) is 13.6. The summed E-state index contributed by atoms with van der Waals surface area (Å²) in [5.41, 5.74) is 1.23. The minimum atomic E-state index is -0.186. The molecular formula is C17H19N7O3S. The van der Waals surface area contributed by atoms with Crippen molar-refractivity contribution >= 4 is 17.7 Å². The molecule has 10 nitrogen and oxygen atoms in total. The van der Waals surface area contributed by atoms with E-state index in [0.29, 0.717) is 23.9 Å². The van der Waals surface area contributed by atoms with E-state index in [9.17, 15) is 9.59 Å². The van der Waals surface area contributed by atoms with E-state index >= 15 is 0 Å². The molecule has 0 aliphatic heterocycles. The standard InChI is InChI=1S/C17H19N7O3S/c1-23-17(20-21-22-23)28-10-15(25)18-7-8-24-11-19-14(9-16(24)26)12-3-5-13(27-2)6-4-12/h3-6,9,11H,7-8,10H2,1-2H3,(H,18,25). The van der Waals surface area contributed by atoms with Gasteiger partial charge in [0, 0.05) is 31.8 Å². The predicted molar refractivity (Wildman–Crippen MR) is 103 cm³/mol. The van der Waals surface area contributed by atoms with Gasteiger partial charge < -0.3 is 10.1 Å². The fourth-order valence-electron chi connectivity index (χ4n) is 2.35. The molecule has 0 radical (unpaired) electrons. The van der Waals surface area contributed by atoms with Crippen molar-refractivity contribution in [1.29, 1.82) is 0 Å². The maximum absolute atomic E-state index is 12.3. The van der Waals surface area contributed by atoms with Crippen LogP contribution in [0, 0.1) is 0 Å². The lowest BCUT2D eigenvalue weighted by Gasteiger charge is -2.08. The van der Waals surface area contributed by atoms with Crippen LogP contribution in [0.3, 0.4) is 0 Å². The van der Waals surface area contributed by atoms with Crippen molar-refractivity contribution in [2.75, 3.05) is 19.4 Å². The molecule has 1 amide bonds. The Kier molecular flexibility index (Phi) is 6.37. The van der Waals surface area contributed by atoms with E-state index < -0.39 is 0 Å². The van der Waals surface area contributed by atoms with Crippen LogP contribution in [-0.4, -0.2) is 55.1 Å². The largest absolute Gasteiger partial charge is 0.497 e. The van der Waals surface area contributed by atoms with Gasteiger partial charge in [0.1, 0.15) is 5.75 Å². The first-order valence-corrected chi connectivity index (χ1v) is 9.38. The van der Waals surface area contributed by atoms with Crippen molar-refractivity contribution in [1.82, 2.24) is 35.1 Å². The van der Waals surface area contributed by atoms with Gasteiger partial charge in [0.2, 0.25) is 11.1 Å². The average Bonchev–Trinajstić information content (AvgIpc) is 3.12. The summed E-state index contributed by atoms with van der Waals surface area (Å²) in [7, 11) is 3.30. The molecule has 11 heteroatoms. The Morgan fingerprint density at radius 1 is 1.29 bits per heavy atom. The van der Waals surface area contributed by atoms with Crippen LogP contribution >= 0.6 is 11.8 Å². The molecule has 0 fully saturated rings. The Bertz CT molecular complexity index is 1000. The van der Waals surface area contributed by atoms with Gasteiger partial charge in [-0.25, -0.2) is 9.67 Å². The molecule has 2 heterocycles. The second kappa shape index (κ2) is 9.13. The molecule has 0 aliphatic carbocycles. The predicted octanol–water partition coefficient (Wildman–Crippen LogP) is 0.351. The lowest BCUT2D eigenvalue weighted by atomic mass is 10.1. The average molecular weight is 401 g/mol. The highest BCUT2D eigenvalue weighted by molar-refractivity contribution is 7.99. The first kappa shape index (κ1) is 19.5. The highest BCUT2D eigenvalue weighted by atomic mass is 32.2. The van der Waals surface area contributed by atoms with Gasteiger partial charge in [-0.3, -0.25) is 14.2 Å². The maximum Gasteiger partial charge on any atom is 0.253 e. The molecule has 0 saturated carbocycles. The molecule has 146 valence electrons. The van der Waals surface area contributed by atoms with Gasteiger partial charge in [-0.15, -0.1) is 5.10 Å². The highest BCUT2D eigenvalue weighted by Gasteiger charge is 2.08. The third-order valence-corrected chi connectivity index (χ3v) is 4.86. The number of hydrogen-bond acceptors (Lipinski definition) is 8. The fraction of sp³-hybridized carbons (Fsp3) is 0.294. The number of nitrogens with zero attached hydrogens (tertiary/aromatic N) is 6. The number of amides is 1. The number of carbonyl (C=O) groups is 1. The van der Waals surface area contributed by atoms with E-state index in [1.54, 1.807) is 14.2 Å². The van der Waals surface area contributed by atoms with Crippen molar-refractivity contribution in [3.63, 3.8) is 0 Å². The lowest BCUT2D eigenvalue weighted by molar-refractivity contribution is -0.118. The SMILES string of the molecule is COc1ccc(-c2cc(=O)n(CCNC(=O)CSc3nnnn3C)cn2)cc1. The van der Waals surface area contributed by atoms with Crippen molar-refractivity contribution in [3.05, 3.63) is 47.0 Å². The van der Waals surface area contributed by atoms with E-state index in [-0.39, 0.29) is 17.2 Å². The molecular weight excluding hydrogens is 382 g/mol. The van der Waals surface area contributed by atoms with Crippen LogP contribution in [0.15, 0.2) is 46.6 Å². The molecule has 1 aromatic carbocycles. The van der Waals surface area contributed by atoms with Crippen molar-refractivity contribution in [2.45, 2.75) is 11.7 Å². The minimum absolute atomic E-state index is 0.163. The van der Waals surface area contributed by atoms with E-state index in [4.69, 9.17) is 4.74 Å². The number of carbonyl (C=O) groups excluding carboxylic acids is 1. The van der Waals surface area contributed by atoms with Crippen LogP contribution in [0.5, 0.6) is 5.75 Å². The smallest absolute Gasteiger partial charge is 0.253 e. The van der Waals surface area contributed by atoms with Gasteiger partial charge in [0.25, 0.3) is 5.56 Å². The molecule has 0 bridgehead atoms. The molecule has 3 rings (SSSR count). The van der Waals surface area contributed by atoms with Crippen LogP contribution in [0.1, 0.15) is 0 Å². The van der Waals surface area contributed by atoms with Gasteiger partial charge in [0.05, 0.1) is 24.9 Å². The normalized spacial score (nSPS) is 10.6. The molecule has 0 saturated heterocycles. The lowest BCUT2D eigenvalue weighted by Crippen LogP contribution is -2.31. The fourth-order valence-corrected chi connectivity index (χ4v) is 3.03. The third-order valence-electron chi connectivity index (χ3n) is 3.85. The molecule has 28 heavy (non-hydrogen) atoms. The Morgan fingerprint density at radius 2 is 2.07 bits per heavy atom. The summed E-state index contributed by atoms with van der Waals surface area (Å²) >= 11 is 1.24. The summed E-state index contributed by atoms with van der Waals surface area (Å²) in [5.74, 6) is 0.767. The topological polar surface area (TPSA) is 117 Å². The quantitative estimate of drug-likeness (QED) is 0.538. The number of aromatic nitrogens is 6. The van der Waals surface area contributed by atoms with E-state index in [1.165, 1.54) is 33.4 Å². The summed E-state index contributed by atoms with van der Waals surface area (Å²) < 4.78 is 8.07. The maximum atomic E-state index is 12.3. The van der Waals surface area contributed by atoms with Crippen LogP contribution in [-0.2, 0) is 18.4 Å². The third kappa shape index (κ3) is 4.94. The number of rotatable bonds is 8. The number of ether oxygens (including phenoxy) is 1. The summed E-state index contributed by atoms with van der Waals surface area (Å²) in [6, 6.07) is 8.78. The highest BCUT2D eigenvalue weighted by Crippen LogP contribution is 2.19. The Morgan fingerprint density at radius 3 is 2.71 bits per heavy atom.